The Balaban J connectivity index is 0.698. The number of imide groups is 2. The molecule has 5 N–H and O–H groups in total. The molecule has 7 amide bonds. The highest BCUT2D eigenvalue weighted by Crippen LogP contribution is 2.44. The maximum atomic E-state index is 13.2. The van der Waals surface area contributed by atoms with E-state index in [9.17, 15) is 42.0 Å². The number of sulfonamides is 1. The van der Waals surface area contributed by atoms with E-state index in [-0.39, 0.29) is 73.5 Å². The number of carbonyl (C=O) groups excluding carboxylic acids is 7. The van der Waals surface area contributed by atoms with Crippen molar-refractivity contribution in [3.8, 4) is 0 Å². The van der Waals surface area contributed by atoms with Crippen molar-refractivity contribution in [3.63, 3.8) is 0 Å². The molecular weight excluding hydrogens is 883 g/mol. The highest BCUT2D eigenvalue weighted by Gasteiger charge is 2.54. The second kappa shape index (κ2) is 23.2. The third-order valence-electron chi connectivity index (χ3n) is 14.8. The molecule has 65 heavy (non-hydrogen) atoms. The average Bonchev–Trinajstić information content (AvgIpc) is 4.04. The van der Waals surface area contributed by atoms with Gasteiger partial charge < -0.3 is 30.2 Å². The molecule has 0 bridgehead atoms. The summed E-state index contributed by atoms with van der Waals surface area (Å²) in [6, 6.07) is -0.617. The van der Waals surface area contributed by atoms with Gasteiger partial charge >= 0.3 is 0 Å². The van der Waals surface area contributed by atoms with Crippen LogP contribution in [0.5, 0.6) is 0 Å². The molecule has 0 aromatic carbocycles. The second-order valence-corrected chi connectivity index (χ2v) is 22.3. The van der Waals surface area contributed by atoms with E-state index < -0.39 is 45.6 Å². The maximum Gasteiger partial charge on any atom is 0.249 e. The summed E-state index contributed by atoms with van der Waals surface area (Å²) in [5.74, 6) is -0.444. The molecule has 0 radical (unpaired) electrons. The first-order chi connectivity index (χ1) is 31.2. The minimum Gasteiger partial charge on any atom is -0.379 e. The number of nitrogens with zero attached hydrogens (tertiary/aromatic N) is 2. The first-order valence-corrected chi connectivity index (χ1v) is 26.8. The molecule has 4 saturated heterocycles. The second-order valence-electron chi connectivity index (χ2n) is 19.2. The summed E-state index contributed by atoms with van der Waals surface area (Å²) in [6.45, 7) is 2.68. The molecule has 0 aromatic heterocycles. The summed E-state index contributed by atoms with van der Waals surface area (Å²) in [5.41, 5.74) is -0.214. The quantitative estimate of drug-likeness (QED) is 0.0830. The first-order valence-electron chi connectivity index (χ1n) is 23.9. The number of carbonyl (C=O) groups is 7. The number of likely N-dealkylation sites (tertiary alicyclic amines) is 1. The Bertz CT molecular complexity index is 1860. The van der Waals surface area contributed by atoms with Gasteiger partial charge in [-0.05, 0) is 81.5 Å². The monoisotopic (exact) mass is 951 g/mol. The van der Waals surface area contributed by atoms with Gasteiger partial charge in [0.25, 0.3) is 0 Å². The molecular formula is C44H69N7O12S2. The van der Waals surface area contributed by atoms with Crippen molar-refractivity contribution < 1.29 is 56.2 Å². The van der Waals surface area contributed by atoms with Gasteiger partial charge in [-0.2, -0.15) is 0 Å². The predicted octanol–water partition coefficient (Wildman–Crippen LogP) is 0.617. The number of ether oxygens (including phenoxy) is 3. The molecule has 7 aliphatic rings. The van der Waals surface area contributed by atoms with Crippen LogP contribution in [0.2, 0.25) is 0 Å². The van der Waals surface area contributed by atoms with E-state index in [1.54, 1.807) is 11.8 Å². The molecule has 4 aliphatic heterocycles. The minimum absolute atomic E-state index is 0.0137. The number of rotatable bonds is 20. The van der Waals surface area contributed by atoms with Crippen LogP contribution in [-0.4, -0.2) is 154 Å². The van der Waals surface area contributed by atoms with Crippen LogP contribution in [0.15, 0.2) is 0 Å². The molecule has 7 fully saturated rings. The normalized spacial score (nSPS) is 33.4. The van der Waals surface area contributed by atoms with Gasteiger partial charge in [0, 0.05) is 44.3 Å². The zero-order valence-corrected chi connectivity index (χ0v) is 39.3. The van der Waals surface area contributed by atoms with Crippen LogP contribution in [0.25, 0.3) is 0 Å². The van der Waals surface area contributed by atoms with E-state index in [2.05, 4.69) is 26.6 Å². The Hall–Kier alpha value is -3.21. The Labute approximate surface area is 386 Å². The standard InChI is InChI=1S/C44H69N7O12S2/c1-65(59,60)50-14-12-31(25-50)40(55)46-24-39(54)49-44-47-35(26-64-44)30-7-3-6-29(21-30)28-5-2-4-27(20-28)23-45-37(52)13-15-61-16-17-62-18-19-63-32-8-9-33-34(22-32)43(58)51(42(33)57)36-10-11-38(53)48-41(36)56/h27-36,44,47H,2-26H2,1H3,(H,45,52)(H,46,55)(H,49,54)(H,48,53,56). The highest BCUT2D eigenvalue weighted by atomic mass is 32.2. The van der Waals surface area contributed by atoms with Crippen LogP contribution >= 0.6 is 11.8 Å². The van der Waals surface area contributed by atoms with Gasteiger partial charge in [-0.1, -0.05) is 25.7 Å². The summed E-state index contributed by atoms with van der Waals surface area (Å²) in [4.78, 5) is 89.1. The van der Waals surface area contributed by atoms with E-state index in [0.29, 0.717) is 102 Å². The zero-order chi connectivity index (χ0) is 46.1. The summed E-state index contributed by atoms with van der Waals surface area (Å²) in [7, 11) is -3.34. The molecule has 364 valence electrons. The van der Waals surface area contributed by atoms with Crippen molar-refractivity contribution in [1.82, 2.24) is 35.8 Å². The molecule has 11 atom stereocenters. The topological polar surface area (TPSA) is 248 Å². The van der Waals surface area contributed by atoms with Gasteiger partial charge in [-0.3, -0.25) is 49.1 Å². The van der Waals surface area contributed by atoms with E-state index in [1.165, 1.54) is 42.8 Å². The van der Waals surface area contributed by atoms with Crippen molar-refractivity contribution in [3.05, 3.63) is 0 Å². The number of amides is 7. The number of thioether (sulfide) groups is 1. The molecule has 0 aromatic rings. The number of fused-ring (bicyclic) bond motifs is 1. The molecule has 21 heteroatoms. The summed E-state index contributed by atoms with van der Waals surface area (Å²) in [6.07, 6.45) is 12.9. The zero-order valence-electron chi connectivity index (χ0n) is 37.6. The average molecular weight is 952 g/mol. The smallest absolute Gasteiger partial charge is 0.249 e. The summed E-state index contributed by atoms with van der Waals surface area (Å²) < 4.78 is 42.1. The van der Waals surface area contributed by atoms with Crippen molar-refractivity contribution in [2.75, 3.05) is 71.2 Å². The van der Waals surface area contributed by atoms with Crippen LogP contribution in [0.1, 0.15) is 96.3 Å². The Morgan fingerprint density at radius 2 is 1.51 bits per heavy atom. The highest BCUT2D eigenvalue weighted by molar-refractivity contribution is 8.00. The fraction of sp³-hybridized carbons (Fsp3) is 0.841. The molecule has 3 aliphatic carbocycles. The summed E-state index contributed by atoms with van der Waals surface area (Å²) in [5, 5.41) is 14.7. The molecule has 4 heterocycles. The van der Waals surface area contributed by atoms with Gasteiger partial charge in [0.05, 0.1) is 69.7 Å². The van der Waals surface area contributed by atoms with Crippen LogP contribution in [-0.2, 0) is 57.8 Å². The largest absolute Gasteiger partial charge is 0.379 e. The SMILES string of the molecule is CS(=O)(=O)N1CCC(C(=O)NCC(=O)NC2NC(C3CCCC(C4CCCC(CNC(=O)CCOCCOCCOC5CCC6C(=O)N(C7CCC(=O)NC7=O)C(=O)C6C5)C4)C3)CS2)C1. The van der Waals surface area contributed by atoms with Crippen molar-refractivity contribution in [2.45, 2.75) is 120 Å². The minimum atomic E-state index is -3.34. The lowest BCUT2D eigenvalue weighted by atomic mass is 9.67. The maximum absolute atomic E-state index is 13.2. The van der Waals surface area contributed by atoms with Crippen LogP contribution in [0, 0.1) is 41.4 Å². The van der Waals surface area contributed by atoms with Gasteiger partial charge in [0.2, 0.25) is 51.4 Å². The number of hydrogen-bond acceptors (Lipinski definition) is 14. The lowest BCUT2D eigenvalue weighted by Crippen LogP contribution is -2.54. The van der Waals surface area contributed by atoms with E-state index >= 15 is 0 Å². The fourth-order valence-corrected chi connectivity index (χ4v) is 13.4. The van der Waals surface area contributed by atoms with Gasteiger partial charge in [-0.25, -0.2) is 12.7 Å². The van der Waals surface area contributed by atoms with Crippen molar-refractivity contribution in [2.24, 2.45) is 41.4 Å². The van der Waals surface area contributed by atoms with Crippen molar-refractivity contribution in [1.29, 1.82) is 0 Å². The molecule has 0 spiro atoms. The molecule has 7 rings (SSSR count). The van der Waals surface area contributed by atoms with Crippen LogP contribution < -0.4 is 26.6 Å². The van der Waals surface area contributed by atoms with Gasteiger partial charge in [-0.15, -0.1) is 11.8 Å². The predicted molar refractivity (Wildman–Crippen MR) is 238 cm³/mol. The number of hydrogen-bond donors (Lipinski definition) is 5. The third kappa shape index (κ3) is 13.5. The van der Waals surface area contributed by atoms with Gasteiger partial charge in [0.15, 0.2) is 0 Å². The van der Waals surface area contributed by atoms with E-state index in [4.69, 9.17) is 14.2 Å². The Morgan fingerprint density at radius 1 is 0.785 bits per heavy atom. The van der Waals surface area contributed by atoms with Crippen LogP contribution in [0.4, 0.5) is 0 Å². The first kappa shape index (κ1) is 49.7. The Morgan fingerprint density at radius 3 is 2.28 bits per heavy atom. The third-order valence-corrected chi connectivity index (χ3v) is 17.2. The Kier molecular flexibility index (Phi) is 17.7. The van der Waals surface area contributed by atoms with E-state index in [1.807, 2.05) is 0 Å². The van der Waals surface area contributed by atoms with Gasteiger partial charge in [0.1, 0.15) is 11.5 Å². The van der Waals surface area contributed by atoms with E-state index in [0.717, 1.165) is 29.8 Å². The molecule has 11 unspecified atom stereocenters. The number of nitrogens with one attached hydrogen (secondary N) is 5. The molecule has 19 nitrogen and oxygen atoms in total. The molecule has 3 saturated carbocycles. The van der Waals surface area contributed by atoms with Crippen LogP contribution in [0.3, 0.4) is 0 Å². The summed E-state index contributed by atoms with van der Waals surface area (Å²) >= 11 is 1.68. The fourth-order valence-electron chi connectivity index (χ4n) is 11.3. The lowest BCUT2D eigenvalue weighted by molar-refractivity contribution is -0.151. The number of piperidine rings is 1. The lowest BCUT2D eigenvalue weighted by Gasteiger charge is -2.40. The van der Waals surface area contributed by atoms with Crippen molar-refractivity contribution >= 4 is 63.1 Å².